The first-order valence-corrected chi connectivity index (χ1v) is 7.44. The lowest BCUT2D eigenvalue weighted by Crippen LogP contribution is -2.10. The Morgan fingerprint density at radius 3 is 2.17 bits per heavy atom. The molecule has 2 nitrogen and oxygen atoms in total. The maximum Gasteiger partial charge on any atom is 0.311 e. The lowest BCUT2D eigenvalue weighted by Gasteiger charge is -2.41. The van der Waals surface area contributed by atoms with E-state index in [1.54, 1.807) is 0 Å². The molecule has 0 aliphatic carbocycles. The number of hydrogen-bond acceptors (Lipinski definition) is 2. The lowest BCUT2D eigenvalue weighted by molar-refractivity contribution is 0.360. The normalized spacial score (nSPS) is 16.0. The predicted molar refractivity (Wildman–Crippen MR) is 64.8 cm³/mol. The van der Waals surface area contributed by atoms with E-state index >= 15 is 0 Å². The largest absolute Gasteiger partial charge is 0.496 e. The van der Waals surface area contributed by atoms with Gasteiger partial charge in [0.05, 0.1) is 7.11 Å². The summed E-state index contributed by atoms with van der Waals surface area (Å²) in [5, 5.41) is 0. The third-order valence-electron chi connectivity index (χ3n) is 2.16. The molecule has 0 saturated heterocycles. The molecule has 1 aromatic rings. The highest BCUT2D eigenvalue weighted by Gasteiger charge is 2.66. The molecule has 0 unspecified atom stereocenters. The minimum absolute atomic E-state index is 0.165. The van der Waals surface area contributed by atoms with Crippen molar-refractivity contribution in [2.75, 3.05) is 13.7 Å². The number of benzene rings is 1. The van der Waals surface area contributed by atoms with E-state index < -0.39 is 19.6 Å². The second-order valence-electron chi connectivity index (χ2n) is 3.60. The molecule has 0 atom stereocenters. The summed E-state index contributed by atoms with van der Waals surface area (Å²) in [4.78, 5) is -1.99. The van der Waals surface area contributed by atoms with Crippen LogP contribution in [0.2, 0.25) is 0 Å². The van der Waals surface area contributed by atoms with Gasteiger partial charge >= 0.3 is 10.2 Å². The minimum atomic E-state index is -9.74. The van der Waals surface area contributed by atoms with Crippen LogP contribution in [-0.2, 0) is 6.42 Å². The van der Waals surface area contributed by atoms with Crippen LogP contribution in [0.15, 0.2) is 21.5 Å². The van der Waals surface area contributed by atoms with Gasteiger partial charge in [-0.3, -0.25) is 0 Å². The summed E-state index contributed by atoms with van der Waals surface area (Å²) in [6.45, 7) is 0.165. The number of nitrogens with two attached hydrogens (primary N) is 1. The Balaban J connectivity index is 3.52. The summed E-state index contributed by atoms with van der Waals surface area (Å²) < 4.78 is 67.6. The molecular formula is C9H11BrF5NOS. The van der Waals surface area contributed by atoms with Gasteiger partial charge in [-0.15, -0.1) is 0 Å². The molecule has 9 heteroatoms. The van der Waals surface area contributed by atoms with Crippen LogP contribution in [0.1, 0.15) is 5.56 Å². The van der Waals surface area contributed by atoms with Crippen LogP contribution in [0.25, 0.3) is 0 Å². The molecule has 0 aromatic heterocycles. The van der Waals surface area contributed by atoms with Crippen LogP contribution in [0.3, 0.4) is 0 Å². The molecule has 0 aliphatic rings. The van der Waals surface area contributed by atoms with Gasteiger partial charge in [-0.25, -0.2) is 0 Å². The molecule has 2 N–H and O–H groups in total. The molecule has 0 saturated carbocycles. The van der Waals surface area contributed by atoms with Gasteiger partial charge in [-0.2, -0.15) is 0 Å². The standard InChI is InChI=1S/C9H11BrF5NOS/c1-17-8-5-9(18(11,12,13,14)15)7(10)4-6(8)2-3-16/h4-5H,2-3,16H2,1H3. The van der Waals surface area contributed by atoms with E-state index in [0.717, 1.165) is 13.2 Å². The highest BCUT2D eigenvalue weighted by Crippen LogP contribution is 3.02. The SMILES string of the molecule is COc1cc(S(F)(F)(F)(F)F)c(Br)cc1CCN. The van der Waals surface area contributed by atoms with Crippen LogP contribution in [-0.4, -0.2) is 13.7 Å². The number of ether oxygens (including phenoxy) is 1. The number of rotatable bonds is 4. The van der Waals surface area contributed by atoms with Crippen molar-refractivity contribution in [2.45, 2.75) is 11.3 Å². The van der Waals surface area contributed by atoms with Gasteiger partial charge in [0.2, 0.25) is 0 Å². The molecule has 0 fully saturated rings. The number of methoxy groups -OCH3 is 1. The zero-order valence-corrected chi connectivity index (χ0v) is 11.6. The van der Waals surface area contributed by atoms with Gasteiger partial charge < -0.3 is 10.5 Å². The molecule has 0 radical (unpaired) electrons. The smallest absolute Gasteiger partial charge is 0.311 e. The summed E-state index contributed by atoms with van der Waals surface area (Å²) in [5.41, 5.74) is 5.61. The number of hydrogen-bond donors (Lipinski definition) is 1. The van der Waals surface area contributed by atoms with Crippen LogP contribution < -0.4 is 10.5 Å². The first-order chi connectivity index (χ1) is 7.88. The summed E-state index contributed by atoms with van der Waals surface area (Å²) >= 11 is 2.52. The van der Waals surface area contributed by atoms with Crippen molar-refractivity contribution in [3.63, 3.8) is 0 Å². The highest BCUT2D eigenvalue weighted by molar-refractivity contribution is 9.10. The maximum absolute atomic E-state index is 12.7. The van der Waals surface area contributed by atoms with E-state index in [9.17, 15) is 19.4 Å². The van der Waals surface area contributed by atoms with E-state index in [1.807, 2.05) is 0 Å². The van der Waals surface area contributed by atoms with Crippen molar-refractivity contribution in [2.24, 2.45) is 5.73 Å². The summed E-state index contributed by atoms with van der Waals surface area (Å²) in [5.74, 6) is -0.257. The Bertz CT molecular complexity index is 475. The average Bonchev–Trinajstić information content (AvgIpc) is 2.14. The monoisotopic (exact) mass is 355 g/mol. The fourth-order valence-corrected chi connectivity index (χ4v) is 3.48. The molecule has 0 heterocycles. The molecule has 0 aliphatic heterocycles. The van der Waals surface area contributed by atoms with Gasteiger partial charge in [0.25, 0.3) is 0 Å². The van der Waals surface area contributed by atoms with Crippen LogP contribution in [0.4, 0.5) is 19.4 Å². The molecule has 0 bridgehead atoms. The van der Waals surface area contributed by atoms with Gasteiger partial charge in [0.1, 0.15) is 10.6 Å². The third kappa shape index (κ3) is 3.48. The van der Waals surface area contributed by atoms with E-state index in [1.165, 1.54) is 0 Å². The lowest BCUT2D eigenvalue weighted by atomic mass is 10.1. The quantitative estimate of drug-likeness (QED) is 0.800. The first kappa shape index (κ1) is 15.5. The van der Waals surface area contributed by atoms with Gasteiger partial charge in [-0.05, 0) is 40.5 Å². The Labute approximate surface area is 109 Å². The van der Waals surface area contributed by atoms with E-state index in [4.69, 9.17) is 5.73 Å². The van der Waals surface area contributed by atoms with E-state index in [-0.39, 0.29) is 18.7 Å². The van der Waals surface area contributed by atoms with E-state index in [2.05, 4.69) is 20.7 Å². The predicted octanol–water partition coefficient (Wildman–Crippen LogP) is 4.62. The zero-order valence-electron chi connectivity index (χ0n) is 9.23. The molecular weight excluding hydrogens is 345 g/mol. The Morgan fingerprint density at radius 2 is 1.78 bits per heavy atom. The fraction of sp³-hybridized carbons (Fsp3) is 0.333. The maximum atomic E-state index is 12.7. The van der Waals surface area contributed by atoms with Crippen molar-refractivity contribution in [3.8, 4) is 5.75 Å². The van der Waals surface area contributed by atoms with Crippen molar-refractivity contribution in [1.82, 2.24) is 0 Å². The second-order valence-corrected chi connectivity index (χ2v) is 6.83. The van der Waals surface area contributed by atoms with Gasteiger partial charge in [0, 0.05) is 10.5 Å². The van der Waals surface area contributed by atoms with Crippen molar-refractivity contribution < 1.29 is 24.2 Å². The average molecular weight is 356 g/mol. The molecule has 1 aromatic carbocycles. The Kier molecular flexibility index (Phi) is 3.43. The zero-order chi connectivity index (χ0) is 14.3. The summed E-state index contributed by atoms with van der Waals surface area (Å²) in [6.07, 6.45) is 0.225. The first-order valence-electron chi connectivity index (χ1n) is 4.69. The fourth-order valence-electron chi connectivity index (χ4n) is 1.41. The molecule has 106 valence electrons. The molecule has 1 rings (SSSR count). The third-order valence-corrected chi connectivity index (χ3v) is 4.25. The van der Waals surface area contributed by atoms with Crippen LogP contribution >= 0.6 is 26.2 Å². The van der Waals surface area contributed by atoms with Crippen molar-refractivity contribution in [3.05, 3.63) is 22.2 Å². The minimum Gasteiger partial charge on any atom is -0.496 e. The van der Waals surface area contributed by atoms with Gasteiger partial charge in [-0.1, -0.05) is 19.4 Å². The van der Waals surface area contributed by atoms with Crippen LogP contribution in [0, 0.1) is 0 Å². The van der Waals surface area contributed by atoms with Crippen LogP contribution in [0.5, 0.6) is 5.75 Å². The number of halogens is 6. The van der Waals surface area contributed by atoms with Gasteiger partial charge in [0.15, 0.2) is 0 Å². The Hall–Kier alpha value is -0.540. The molecule has 18 heavy (non-hydrogen) atoms. The summed E-state index contributed by atoms with van der Waals surface area (Å²) in [7, 11) is -8.63. The topological polar surface area (TPSA) is 35.2 Å². The highest BCUT2D eigenvalue weighted by atomic mass is 79.9. The summed E-state index contributed by atoms with van der Waals surface area (Å²) in [6, 6.07) is 1.26. The second kappa shape index (κ2) is 3.97. The Morgan fingerprint density at radius 1 is 1.22 bits per heavy atom. The van der Waals surface area contributed by atoms with Crippen molar-refractivity contribution >= 4 is 26.2 Å². The molecule has 0 amide bonds. The van der Waals surface area contributed by atoms with Crippen molar-refractivity contribution in [1.29, 1.82) is 0 Å². The van der Waals surface area contributed by atoms with E-state index in [0.29, 0.717) is 11.6 Å². The molecule has 0 spiro atoms.